The number of hydrogen-bond donors (Lipinski definition) is 1. The fourth-order valence-corrected chi connectivity index (χ4v) is 3.44. The molecule has 0 spiro atoms. The van der Waals surface area contributed by atoms with Gasteiger partial charge in [-0.25, -0.2) is 9.78 Å². The van der Waals surface area contributed by atoms with E-state index < -0.39 is 12.1 Å². The molecule has 0 aliphatic rings. The molecule has 1 aromatic heterocycles. The number of carbonyl (C=O) groups excluding carboxylic acids is 2. The predicted molar refractivity (Wildman–Crippen MR) is 105 cm³/mol. The topological polar surface area (TPSA) is 68.3 Å². The van der Waals surface area contributed by atoms with Crippen molar-refractivity contribution in [2.45, 2.75) is 26.5 Å². The monoisotopic (exact) mass is 380 g/mol. The lowest BCUT2D eigenvalue weighted by atomic mass is 10.2. The lowest BCUT2D eigenvalue weighted by molar-refractivity contribution is -0.129. The number of aromatic nitrogens is 1. The fraction of sp³-hybridized carbons (Fsp3) is 0.190. The molecule has 1 atom stereocenters. The molecule has 0 radical (unpaired) electrons. The van der Waals surface area contributed by atoms with Gasteiger partial charge in [-0.3, -0.25) is 4.79 Å². The number of benzene rings is 2. The number of amides is 1. The van der Waals surface area contributed by atoms with Gasteiger partial charge < -0.3 is 10.1 Å². The third kappa shape index (κ3) is 4.80. The molecule has 1 N–H and O–H groups in total. The normalized spacial score (nSPS) is 11.6. The Kier molecular flexibility index (Phi) is 5.98. The van der Waals surface area contributed by atoms with E-state index >= 15 is 0 Å². The van der Waals surface area contributed by atoms with Crippen LogP contribution in [0.15, 0.2) is 60.7 Å². The van der Waals surface area contributed by atoms with Crippen LogP contribution in [0, 0.1) is 6.92 Å². The van der Waals surface area contributed by atoms with Crippen LogP contribution in [0.3, 0.4) is 0 Å². The number of aryl methyl sites for hydroxylation is 1. The quantitative estimate of drug-likeness (QED) is 0.657. The van der Waals surface area contributed by atoms with E-state index in [2.05, 4.69) is 10.3 Å². The zero-order valence-corrected chi connectivity index (χ0v) is 16.0. The highest BCUT2D eigenvalue weighted by atomic mass is 32.1. The van der Waals surface area contributed by atoms with Crippen molar-refractivity contribution in [1.82, 2.24) is 10.3 Å². The molecular weight excluding hydrogens is 360 g/mol. The number of thiazole rings is 1. The largest absolute Gasteiger partial charge is 0.448 e. The summed E-state index contributed by atoms with van der Waals surface area (Å²) in [6.45, 7) is 3.71. The molecule has 0 aliphatic carbocycles. The molecule has 0 saturated carbocycles. The van der Waals surface area contributed by atoms with Gasteiger partial charge in [0.15, 0.2) is 6.10 Å². The molecule has 0 saturated heterocycles. The zero-order chi connectivity index (χ0) is 19.2. The smallest absolute Gasteiger partial charge is 0.351 e. The minimum absolute atomic E-state index is 0.336. The van der Waals surface area contributed by atoms with Crippen LogP contribution < -0.4 is 5.32 Å². The van der Waals surface area contributed by atoms with Gasteiger partial charge in [-0.2, -0.15) is 0 Å². The van der Waals surface area contributed by atoms with Crippen molar-refractivity contribution in [2.75, 3.05) is 0 Å². The van der Waals surface area contributed by atoms with Crippen LogP contribution in [0.4, 0.5) is 0 Å². The molecule has 1 amide bonds. The molecule has 3 aromatic rings. The Labute approximate surface area is 162 Å². The van der Waals surface area contributed by atoms with Crippen molar-refractivity contribution in [2.24, 2.45) is 0 Å². The third-order valence-electron chi connectivity index (χ3n) is 3.97. The molecule has 5 nitrogen and oxygen atoms in total. The SMILES string of the molecule is Cc1nc(-c2ccccc2)sc1C(=O)O[C@H](C)C(=O)NCc1ccccc1. The Morgan fingerprint density at radius 3 is 2.37 bits per heavy atom. The van der Waals surface area contributed by atoms with Crippen molar-refractivity contribution in [3.63, 3.8) is 0 Å². The van der Waals surface area contributed by atoms with E-state index in [0.717, 1.165) is 16.1 Å². The van der Waals surface area contributed by atoms with E-state index in [1.165, 1.54) is 11.3 Å². The Bertz CT molecular complexity index is 923. The van der Waals surface area contributed by atoms with Crippen LogP contribution in [0.1, 0.15) is 27.9 Å². The standard InChI is InChI=1S/C21H20N2O3S/c1-14-18(27-20(23-14)17-11-7-4-8-12-17)21(25)26-15(2)19(24)22-13-16-9-5-3-6-10-16/h3-12,15H,13H2,1-2H3,(H,22,24)/t15-/m1/s1. The third-order valence-corrected chi connectivity index (χ3v) is 5.15. The molecule has 3 rings (SSSR count). The Balaban J connectivity index is 1.61. The first-order valence-electron chi connectivity index (χ1n) is 8.60. The van der Waals surface area contributed by atoms with Crippen molar-refractivity contribution in [1.29, 1.82) is 0 Å². The minimum Gasteiger partial charge on any atom is -0.448 e. The van der Waals surface area contributed by atoms with Gasteiger partial charge in [-0.05, 0) is 19.4 Å². The summed E-state index contributed by atoms with van der Waals surface area (Å²) < 4.78 is 5.34. The minimum atomic E-state index is -0.886. The second-order valence-electron chi connectivity index (χ2n) is 6.05. The number of ether oxygens (including phenoxy) is 1. The summed E-state index contributed by atoms with van der Waals surface area (Å²) in [6, 6.07) is 19.2. The summed E-state index contributed by atoms with van der Waals surface area (Å²) in [5, 5.41) is 3.52. The van der Waals surface area contributed by atoms with Crippen molar-refractivity contribution in [3.8, 4) is 10.6 Å². The zero-order valence-electron chi connectivity index (χ0n) is 15.1. The molecule has 138 valence electrons. The van der Waals surface area contributed by atoms with Crippen LogP contribution in [-0.4, -0.2) is 23.0 Å². The van der Waals surface area contributed by atoms with Crippen LogP contribution in [-0.2, 0) is 16.1 Å². The average molecular weight is 380 g/mol. The highest BCUT2D eigenvalue weighted by molar-refractivity contribution is 7.17. The summed E-state index contributed by atoms with van der Waals surface area (Å²) >= 11 is 1.27. The molecule has 2 aromatic carbocycles. The van der Waals surface area contributed by atoms with E-state index in [9.17, 15) is 9.59 Å². The fourth-order valence-electron chi connectivity index (χ4n) is 2.49. The maximum atomic E-state index is 12.5. The molecule has 0 fully saturated rings. The Morgan fingerprint density at radius 2 is 1.70 bits per heavy atom. The summed E-state index contributed by atoms with van der Waals surface area (Å²) in [7, 11) is 0. The lowest BCUT2D eigenvalue weighted by Crippen LogP contribution is -2.35. The van der Waals surface area contributed by atoms with Gasteiger partial charge in [0.1, 0.15) is 9.88 Å². The first kappa shape index (κ1) is 18.8. The van der Waals surface area contributed by atoms with Gasteiger partial charge in [-0.15, -0.1) is 11.3 Å². The van der Waals surface area contributed by atoms with E-state index in [0.29, 0.717) is 17.1 Å². The number of nitrogens with zero attached hydrogens (tertiary/aromatic N) is 1. The summed E-state index contributed by atoms with van der Waals surface area (Å²) in [5.41, 5.74) is 2.52. The Hall–Kier alpha value is -2.99. The molecule has 6 heteroatoms. The average Bonchev–Trinajstić information content (AvgIpc) is 3.09. The molecule has 0 bridgehead atoms. The van der Waals surface area contributed by atoms with Gasteiger partial charge in [-0.1, -0.05) is 60.7 Å². The predicted octanol–water partition coefficient (Wildman–Crippen LogP) is 3.98. The molecule has 0 unspecified atom stereocenters. The van der Waals surface area contributed by atoms with Crippen molar-refractivity contribution >= 4 is 23.2 Å². The van der Waals surface area contributed by atoms with Gasteiger partial charge in [0, 0.05) is 12.1 Å². The molecule has 1 heterocycles. The first-order valence-corrected chi connectivity index (χ1v) is 9.41. The number of esters is 1. The number of carbonyl (C=O) groups is 2. The van der Waals surface area contributed by atoms with Crippen molar-refractivity contribution < 1.29 is 14.3 Å². The first-order chi connectivity index (χ1) is 13.0. The van der Waals surface area contributed by atoms with Gasteiger partial charge >= 0.3 is 5.97 Å². The highest BCUT2D eigenvalue weighted by Gasteiger charge is 2.23. The number of hydrogen-bond acceptors (Lipinski definition) is 5. The van der Waals surface area contributed by atoms with E-state index in [1.54, 1.807) is 13.8 Å². The lowest BCUT2D eigenvalue weighted by Gasteiger charge is -2.13. The second-order valence-corrected chi connectivity index (χ2v) is 7.05. The maximum Gasteiger partial charge on any atom is 0.351 e. The van der Waals surface area contributed by atoms with Gasteiger partial charge in [0.25, 0.3) is 5.91 Å². The summed E-state index contributed by atoms with van der Waals surface area (Å²) in [5.74, 6) is -0.868. The Morgan fingerprint density at radius 1 is 1.07 bits per heavy atom. The van der Waals surface area contributed by atoms with Gasteiger partial charge in [0.05, 0.1) is 5.69 Å². The van der Waals surface area contributed by atoms with Crippen LogP contribution in [0.5, 0.6) is 0 Å². The van der Waals surface area contributed by atoms with E-state index in [1.807, 2.05) is 60.7 Å². The van der Waals surface area contributed by atoms with Crippen LogP contribution in [0.2, 0.25) is 0 Å². The summed E-state index contributed by atoms with van der Waals surface area (Å²) in [6.07, 6.45) is -0.886. The van der Waals surface area contributed by atoms with E-state index in [4.69, 9.17) is 4.74 Å². The van der Waals surface area contributed by atoms with Gasteiger partial charge in [0.2, 0.25) is 0 Å². The maximum absolute atomic E-state index is 12.5. The highest BCUT2D eigenvalue weighted by Crippen LogP contribution is 2.28. The second kappa shape index (κ2) is 8.60. The van der Waals surface area contributed by atoms with Crippen LogP contribution in [0.25, 0.3) is 10.6 Å². The van der Waals surface area contributed by atoms with Crippen molar-refractivity contribution in [3.05, 3.63) is 76.8 Å². The van der Waals surface area contributed by atoms with E-state index in [-0.39, 0.29) is 5.91 Å². The molecule has 0 aliphatic heterocycles. The number of rotatable bonds is 6. The number of nitrogens with one attached hydrogen (secondary N) is 1. The van der Waals surface area contributed by atoms with Crippen LogP contribution >= 0.6 is 11.3 Å². The molecule has 27 heavy (non-hydrogen) atoms. The molecular formula is C21H20N2O3S. The summed E-state index contributed by atoms with van der Waals surface area (Å²) in [4.78, 5) is 29.5.